The Balaban J connectivity index is 0.00000192. The number of anilines is 1. The first-order valence-electron chi connectivity index (χ1n) is 7.55. The van der Waals surface area contributed by atoms with Crippen molar-refractivity contribution in [1.82, 2.24) is 15.2 Å². The van der Waals surface area contributed by atoms with Crippen LogP contribution in [0.25, 0.3) is 11.3 Å². The lowest BCUT2D eigenvalue weighted by Crippen LogP contribution is -2.44. The number of aromatic nitrogens is 1. The average molecular weight is 426 g/mol. The maximum atomic E-state index is 12.0. The minimum Gasteiger partial charge on any atom is -0.314 e. The highest BCUT2D eigenvalue weighted by Crippen LogP contribution is 2.24. The zero-order valence-electron chi connectivity index (χ0n) is 13.6. The lowest BCUT2D eigenvalue weighted by Gasteiger charge is -2.26. The Morgan fingerprint density at radius 3 is 2.52 bits per heavy atom. The normalized spacial score (nSPS) is 13.8. The Bertz CT molecular complexity index is 621. The summed E-state index contributed by atoms with van der Waals surface area (Å²) in [6.07, 6.45) is 0.514. The van der Waals surface area contributed by atoms with Crippen LogP contribution < -0.4 is 10.6 Å². The third-order valence-electron chi connectivity index (χ3n) is 3.68. The third-order valence-corrected chi connectivity index (χ3v) is 4.44. The van der Waals surface area contributed by atoms with Crippen molar-refractivity contribution < 1.29 is 4.79 Å². The number of halogens is 3. The molecule has 3 rings (SSSR count). The van der Waals surface area contributed by atoms with Gasteiger partial charge < -0.3 is 15.5 Å². The molecule has 1 saturated heterocycles. The van der Waals surface area contributed by atoms with Gasteiger partial charge in [0.2, 0.25) is 5.91 Å². The van der Waals surface area contributed by atoms with Crippen molar-refractivity contribution in [3.8, 4) is 11.3 Å². The van der Waals surface area contributed by atoms with E-state index in [4.69, 9.17) is 0 Å². The van der Waals surface area contributed by atoms with Crippen molar-refractivity contribution in [1.29, 1.82) is 0 Å². The fourth-order valence-electron chi connectivity index (χ4n) is 2.45. The van der Waals surface area contributed by atoms with Crippen LogP contribution in [0.5, 0.6) is 0 Å². The molecule has 1 fully saturated rings. The molecule has 0 atom stereocenters. The molecule has 2 N–H and O–H groups in total. The molecule has 1 amide bonds. The minimum atomic E-state index is 0. The lowest BCUT2D eigenvalue weighted by atomic mass is 10.2. The molecule has 1 aliphatic rings. The van der Waals surface area contributed by atoms with E-state index in [0.717, 1.165) is 44.0 Å². The molecule has 9 heteroatoms. The van der Waals surface area contributed by atoms with Crippen LogP contribution in [-0.2, 0) is 4.79 Å². The summed E-state index contributed by atoms with van der Waals surface area (Å²) in [5.41, 5.74) is 1.98. The first kappa shape index (κ1) is 24.1. The molecule has 2 aromatic rings. The fourth-order valence-corrected chi connectivity index (χ4v) is 3.18. The first-order chi connectivity index (χ1) is 10.8. The Morgan fingerprint density at radius 1 is 1.16 bits per heavy atom. The second kappa shape index (κ2) is 12.5. The number of nitrogens with one attached hydrogen (secondary N) is 2. The number of hydrogen-bond donors (Lipinski definition) is 2. The van der Waals surface area contributed by atoms with Crippen LogP contribution in [0.2, 0.25) is 0 Å². The van der Waals surface area contributed by atoms with E-state index in [-0.39, 0.29) is 43.1 Å². The molecular weight excluding hydrogens is 403 g/mol. The van der Waals surface area contributed by atoms with Crippen molar-refractivity contribution in [3.63, 3.8) is 0 Å². The highest BCUT2D eigenvalue weighted by atomic mass is 35.5. The van der Waals surface area contributed by atoms with Crippen molar-refractivity contribution in [2.24, 2.45) is 0 Å². The summed E-state index contributed by atoms with van der Waals surface area (Å²) < 4.78 is 0. The lowest BCUT2D eigenvalue weighted by molar-refractivity contribution is -0.116. The molecule has 0 spiro atoms. The number of carbonyl (C=O) groups is 1. The Morgan fingerprint density at radius 2 is 1.84 bits per heavy atom. The average Bonchev–Trinajstić information content (AvgIpc) is 3.03. The fraction of sp³-hybridized carbons (Fsp3) is 0.375. The number of benzene rings is 1. The number of hydrogen-bond acceptors (Lipinski definition) is 5. The predicted octanol–water partition coefficient (Wildman–Crippen LogP) is 3.31. The van der Waals surface area contributed by atoms with Crippen LogP contribution in [0.15, 0.2) is 35.7 Å². The van der Waals surface area contributed by atoms with Gasteiger partial charge in [-0.05, 0) is 0 Å². The quantitative estimate of drug-likeness (QED) is 0.771. The molecule has 0 aliphatic carbocycles. The highest BCUT2D eigenvalue weighted by molar-refractivity contribution is 7.14. The molecule has 1 aliphatic heterocycles. The molecule has 0 saturated carbocycles. The van der Waals surface area contributed by atoms with E-state index in [0.29, 0.717) is 11.6 Å². The van der Waals surface area contributed by atoms with E-state index in [1.807, 2.05) is 35.7 Å². The van der Waals surface area contributed by atoms with E-state index >= 15 is 0 Å². The molecule has 140 valence electrons. The Labute approximate surface area is 170 Å². The third kappa shape index (κ3) is 7.48. The largest absolute Gasteiger partial charge is 0.314 e. The first-order valence-corrected chi connectivity index (χ1v) is 8.43. The SMILES string of the molecule is Cl.Cl.Cl.O=C(CCN1CCNCC1)Nc1nc(-c2ccccc2)cs1. The number of rotatable bonds is 5. The van der Waals surface area contributed by atoms with Crippen LogP contribution in [0.4, 0.5) is 5.13 Å². The van der Waals surface area contributed by atoms with Gasteiger partial charge in [0.15, 0.2) is 5.13 Å². The van der Waals surface area contributed by atoms with Crippen LogP contribution >= 0.6 is 48.6 Å². The monoisotopic (exact) mass is 424 g/mol. The molecule has 2 heterocycles. The summed E-state index contributed by atoms with van der Waals surface area (Å²) in [6, 6.07) is 9.99. The van der Waals surface area contributed by atoms with Gasteiger partial charge in [-0.1, -0.05) is 30.3 Å². The zero-order chi connectivity index (χ0) is 15.2. The summed E-state index contributed by atoms with van der Waals surface area (Å²) in [7, 11) is 0. The number of carbonyl (C=O) groups excluding carboxylic acids is 1. The maximum absolute atomic E-state index is 12.0. The topological polar surface area (TPSA) is 57.3 Å². The van der Waals surface area contributed by atoms with Crippen molar-refractivity contribution in [3.05, 3.63) is 35.7 Å². The number of amides is 1. The molecule has 5 nitrogen and oxygen atoms in total. The summed E-state index contributed by atoms with van der Waals surface area (Å²) in [6.45, 7) is 4.86. The summed E-state index contributed by atoms with van der Waals surface area (Å²) in [5, 5.41) is 8.85. The smallest absolute Gasteiger partial charge is 0.227 e. The minimum absolute atomic E-state index is 0. The molecule has 0 bridgehead atoms. The second-order valence-electron chi connectivity index (χ2n) is 5.29. The van der Waals surface area contributed by atoms with Gasteiger partial charge in [-0.25, -0.2) is 4.98 Å². The van der Waals surface area contributed by atoms with Crippen LogP contribution in [-0.4, -0.2) is 48.5 Å². The van der Waals surface area contributed by atoms with E-state index in [2.05, 4.69) is 20.5 Å². The molecule has 1 aromatic heterocycles. The number of nitrogens with zero attached hydrogens (tertiary/aromatic N) is 2. The number of piperazine rings is 1. The van der Waals surface area contributed by atoms with Crippen molar-refractivity contribution in [2.75, 3.05) is 38.0 Å². The van der Waals surface area contributed by atoms with E-state index in [1.54, 1.807) is 0 Å². The second-order valence-corrected chi connectivity index (χ2v) is 6.15. The summed E-state index contributed by atoms with van der Waals surface area (Å²) in [4.78, 5) is 18.8. The molecule has 1 aromatic carbocycles. The van der Waals surface area contributed by atoms with Gasteiger partial charge in [0.05, 0.1) is 5.69 Å². The predicted molar refractivity (Wildman–Crippen MR) is 112 cm³/mol. The molecule has 0 radical (unpaired) electrons. The number of thiazole rings is 1. The van der Waals surface area contributed by atoms with Crippen LogP contribution in [0, 0.1) is 0 Å². The molecule has 25 heavy (non-hydrogen) atoms. The van der Waals surface area contributed by atoms with Crippen LogP contribution in [0.1, 0.15) is 6.42 Å². The van der Waals surface area contributed by atoms with Gasteiger partial charge in [0.25, 0.3) is 0 Å². The maximum Gasteiger partial charge on any atom is 0.227 e. The highest BCUT2D eigenvalue weighted by Gasteiger charge is 2.12. The summed E-state index contributed by atoms with van der Waals surface area (Å²) >= 11 is 1.47. The molecule has 0 unspecified atom stereocenters. The van der Waals surface area contributed by atoms with Gasteiger partial charge in [-0.3, -0.25) is 4.79 Å². The van der Waals surface area contributed by atoms with E-state index < -0.39 is 0 Å². The van der Waals surface area contributed by atoms with Crippen molar-refractivity contribution >= 4 is 59.6 Å². The van der Waals surface area contributed by atoms with Gasteiger partial charge in [-0.15, -0.1) is 48.6 Å². The summed E-state index contributed by atoms with van der Waals surface area (Å²) in [5.74, 6) is 0.0347. The van der Waals surface area contributed by atoms with Gasteiger partial charge in [-0.2, -0.15) is 0 Å². The Hall–Kier alpha value is -0.890. The Kier molecular flexibility index (Phi) is 12.0. The zero-order valence-corrected chi connectivity index (χ0v) is 16.9. The van der Waals surface area contributed by atoms with Crippen molar-refractivity contribution in [2.45, 2.75) is 6.42 Å². The van der Waals surface area contributed by atoms with Gasteiger partial charge >= 0.3 is 0 Å². The van der Waals surface area contributed by atoms with E-state index in [1.165, 1.54) is 11.3 Å². The van der Waals surface area contributed by atoms with Gasteiger partial charge in [0.1, 0.15) is 0 Å². The van der Waals surface area contributed by atoms with Crippen LogP contribution in [0.3, 0.4) is 0 Å². The van der Waals surface area contributed by atoms with E-state index in [9.17, 15) is 4.79 Å². The molecular formula is C16H23Cl3N4OS. The standard InChI is InChI=1S/C16H20N4OS.3ClH/c21-15(6-9-20-10-7-17-8-11-20)19-16-18-14(12-22-16)13-4-2-1-3-5-13;;;/h1-5,12,17H,6-11H2,(H,18,19,21);3*1H. The van der Waals surface area contributed by atoms with Gasteiger partial charge in [0, 0.05) is 50.1 Å².